The third-order valence-electron chi connectivity index (χ3n) is 9.03. The van der Waals surface area contributed by atoms with Crippen LogP contribution in [0.2, 0.25) is 0 Å². The number of amides is 4. The minimum absolute atomic E-state index is 0.0981. The van der Waals surface area contributed by atoms with Crippen LogP contribution in [-0.2, 0) is 9.59 Å². The second-order valence-corrected chi connectivity index (χ2v) is 11.8. The second kappa shape index (κ2) is 9.37. The summed E-state index contributed by atoms with van der Waals surface area (Å²) in [6.07, 6.45) is 8.61. The van der Waals surface area contributed by atoms with Crippen LogP contribution in [0.5, 0.6) is 0 Å². The van der Waals surface area contributed by atoms with E-state index in [0.29, 0.717) is 17.9 Å². The van der Waals surface area contributed by atoms with Crippen molar-refractivity contribution in [2.75, 3.05) is 11.9 Å². The number of nitrogens with one attached hydrogen (secondary N) is 2. The van der Waals surface area contributed by atoms with E-state index in [9.17, 15) is 19.2 Å². The molecule has 0 spiro atoms. The second-order valence-electron chi connectivity index (χ2n) is 11.8. The molecule has 4 amide bonds. The van der Waals surface area contributed by atoms with Crippen molar-refractivity contribution in [3.05, 3.63) is 71.7 Å². The number of aromatic nitrogens is 4. The van der Waals surface area contributed by atoms with Gasteiger partial charge in [0.25, 0.3) is 11.8 Å². The largest absolute Gasteiger partial charge is 0.385 e. The number of carbonyl (C=O) groups excluding carboxylic acids is 4. The van der Waals surface area contributed by atoms with E-state index in [1.165, 1.54) is 12.8 Å². The standard InChI is InChI=1S/C31H29N7O4/c39-27-10-9-25(29(40)34-27)37-30(41)22-8-7-20(13-23(22)31(37)42)32-14-17-11-21(12-17)36-16-26(28(35-36)18-5-6-18)38-24-4-2-1-3-19(24)15-33-38/h1-4,7-8,13,15-18,21,25,32H,5-6,9-12,14H2,(H,34,39,40). The molecule has 212 valence electrons. The summed E-state index contributed by atoms with van der Waals surface area (Å²) in [5.41, 5.74) is 4.61. The molecular weight excluding hydrogens is 534 g/mol. The summed E-state index contributed by atoms with van der Waals surface area (Å²) in [6.45, 7) is 0.738. The molecule has 0 radical (unpaired) electrons. The number of rotatable bonds is 7. The van der Waals surface area contributed by atoms with Crippen molar-refractivity contribution in [1.29, 1.82) is 0 Å². The van der Waals surface area contributed by atoms with Gasteiger partial charge in [0.2, 0.25) is 11.8 Å². The molecule has 2 N–H and O–H groups in total. The van der Waals surface area contributed by atoms with Crippen LogP contribution >= 0.6 is 0 Å². The molecule has 4 heterocycles. The molecule has 1 unspecified atom stereocenters. The van der Waals surface area contributed by atoms with Crippen LogP contribution < -0.4 is 10.6 Å². The maximum absolute atomic E-state index is 13.1. The van der Waals surface area contributed by atoms with E-state index >= 15 is 0 Å². The smallest absolute Gasteiger partial charge is 0.262 e. The molecule has 11 nitrogen and oxygen atoms in total. The molecule has 42 heavy (non-hydrogen) atoms. The lowest BCUT2D eigenvalue weighted by Crippen LogP contribution is -2.54. The Bertz CT molecular complexity index is 1800. The number of imide groups is 2. The van der Waals surface area contributed by atoms with Crippen LogP contribution in [0.1, 0.15) is 76.9 Å². The molecule has 4 aromatic rings. The average molecular weight is 564 g/mol. The fourth-order valence-corrected chi connectivity index (χ4v) is 6.48. The van der Waals surface area contributed by atoms with Gasteiger partial charge >= 0.3 is 0 Å². The number of hydrogen-bond donors (Lipinski definition) is 2. The number of nitrogens with zero attached hydrogens (tertiary/aromatic N) is 5. The SMILES string of the molecule is O=C1CCC(N2C(=O)c3ccc(NCC4CC(n5cc(-n6ncc7ccccc76)c(C6CC6)n5)C4)cc3C2=O)C(=O)N1. The van der Waals surface area contributed by atoms with Crippen LogP contribution in [0.25, 0.3) is 16.6 Å². The number of hydrogen-bond acceptors (Lipinski definition) is 7. The molecule has 4 aliphatic rings. The maximum Gasteiger partial charge on any atom is 0.262 e. The highest BCUT2D eigenvalue weighted by atomic mass is 16.2. The fraction of sp³-hybridized carbons (Fsp3) is 0.355. The Balaban J connectivity index is 0.928. The first kappa shape index (κ1) is 25.0. The lowest BCUT2D eigenvalue weighted by Gasteiger charge is -2.35. The number of piperidine rings is 1. The van der Waals surface area contributed by atoms with E-state index in [1.807, 2.05) is 23.0 Å². The van der Waals surface area contributed by atoms with Gasteiger partial charge in [-0.25, -0.2) is 4.68 Å². The summed E-state index contributed by atoms with van der Waals surface area (Å²) in [5, 5.41) is 16.5. The van der Waals surface area contributed by atoms with Gasteiger partial charge in [0, 0.05) is 30.0 Å². The Labute approximate surface area is 240 Å². The zero-order valence-corrected chi connectivity index (χ0v) is 22.8. The zero-order valence-electron chi connectivity index (χ0n) is 22.8. The highest BCUT2D eigenvalue weighted by Gasteiger charge is 2.44. The Morgan fingerprint density at radius 1 is 0.952 bits per heavy atom. The molecule has 2 aliphatic heterocycles. The molecule has 2 aliphatic carbocycles. The minimum Gasteiger partial charge on any atom is -0.385 e. The predicted molar refractivity (Wildman–Crippen MR) is 152 cm³/mol. The van der Waals surface area contributed by atoms with Crippen molar-refractivity contribution in [2.24, 2.45) is 5.92 Å². The first-order valence-electron chi connectivity index (χ1n) is 14.6. The van der Waals surface area contributed by atoms with Crippen molar-refractivity contribution in [2.45, 2.75) is 56.5 Å². The molecular formula is C31H29N7O4. The van der Waals surface area contributed by atoms with E-state index < -0.39 is 23.8 Å². The number of carbonyl (C=O) groups is 4. The summed E-state index contributed by atoms with van der Waals surface area (Å²) in [7, 11) is 0. The van der Waals surface area contributed by atoms with Gasteiger partial charge in [-0.05, 0) is 62.3 Å². The molecule has 1 saturated heterocycles. The van der Waals surface area contributed by atoms with Crippen molar-refractivity contribution < 1.29 is 19.2 Å². The summed E-state index contributed by atoms with van der Waals surface area (Å²) in [5.74, 6) is -1.04. The van der Waals surface area contributed by atoms with Gasteiger partial charge in [-0.15, -0.1) is 0 Å². The molecule has 8 rings (SSSR count). The van der Waals surface area contributed by atoms with Crippen molar-refractivity contribution in [3.63, 3.8) is 0 Å². The van der Waals surface area contributed by atoms with Gasteiger partial charge in [-0.2, -0.15) is 10.2 Å². The first-order valence-corrected chi connectivity index (χ1v) is 14.6. The summed E-state index contributed by atoms with van der Waals surface area (Å²) in [4.78, 5) is 50.9. The first-order chi connectivity index (χ1) is 20.4. The molecule has 2 aromatic carbocycles. The summed E-state index contributed by atoms with van der Waals surface area (Å²) < 4.78 is 4.14. The van der Waals surface area contributed by atoms with E-state index in [1.54, 1.807) is 18.2 Å². The molecule has 0 bridgehead atoms. The minimum atomic E-state index is -0.964. The Morgan fingerprint density at radius 3 is 2.57 bits per heavy atom. The van der Waals surface area contributed by atoms with Crippen LogP contribution in [0.4, 0.5) is 5.69 Å². The van der Waals surface area contributed by atoms with Crippen molar-refractivity contribution in [3.8, 4) is 5.69 Å². The van der Waals surface area contributed by atoms with E-state index in [4.69, 9.17) is 5.10 Å². The molecule has 2 aromatic heterocycles. The van der Waals surface area contributed by atoms with E-state index in [-0.39, 0.29) is 29.9 Å². The number of para-hydroxylation sites is 1. The van der Waals surface area contributed by atoms with Crippen LogP contribution in [0.3, 0.4) is 0 Å². The zero-order chi connectivity index (χ0) is 28.5. The monoisotopic (exact) mass is 563 g/mol. The number of anilines is 1. The predicted octanol–water partition coefficient (Wildman–Crippen LogP) is 3.56. The molecule has 1 atom stereocenters. The van der Waals surface area contributed by atoms with Crippen LogP contribution in [0.15, 0.2) is 54.9 Å². The van der Waals surface area contributed by atoms with Gasteiger partial charge in [0.1, 0.15) is 11.7 Å². The van der Waals surface area contributed by atoms with Crippen molar-refractivity contribution >= 4 is 40.2 Å². The van der Waals surface area contributed by atoms with Crippen LogP contribution in [0, 0.1) is 5.92 Å². The summed E-state index contributed by atoms with van der Waals surface area (Å²) >= 11 is 0. The maximum atomic E-state index is 13.1. The molecule has 2 saturated carbocycles. The van der Waals surface area contributed by atoms with Gasteiger partial charge in [0.15, 0.2) is 0 Å². The topological polar surface area (TPSA) is 131 Å². The van der Waals surface area contributed by atoms with Gasteiger partial charge in [-0.3, -0.25) is 34.1 Å². The van der Waals surface area contributed by atoms with Gasteiger partial charge in [-0.1, -0.05) is 18.2 Å². The lowest BCUT2D eigenvalue weighted by molar-refractivity contribution is -0.136. The quantitative estimate of drug-likeness (QED) is 0.329. The van der Waals surface area contributed by atoms with E-state index in [0.717, 1.165) is 52.3 Å². The Hall–Kier alpha value is -4.80. The summed E-state index contributed by atoms with van der Waals surface area (Å²) in [6, 6.07) is 12.7. The average Bonchev–Trinajstić information content (AvgIpc) is 3.50. The number of fused-ring (bicyclic) bond motifs is 2. The third-order valence-corrected chi connectivity index (χ3v) is 9.03. The van der Waals surface area contributed by atoms with E-state index in [2.05, 4.69) is 38.7 Å². The normalized spacial score (nSPS) is 23.7. The van der Waals surface area contributed by atoms with Gasteiger partial charge in [0.05, 0.1) is 40.8 Å². The third kappa shape index (κ3) is 4.02. The number of benzene rings is 2. The lowest BCUT2D eigenvalue weighted by atomic mass is 9.80. The van der Waals surface area contributed by atoms with Crippen LogP contribution in [-0.4, -0.2) is 60.7 Å². The Morgan fingerprint density at radius 2 is 1.76 bits per heavy atom. The molecule has 11 heteroatoms. The Kier molecular flexibility index (Phi) is 5.56. The highest BCUT2D eigenvalue weighted by molar-refractivity contribution is 6.23. The van der Waals surface area contributed by atoms with Crippen molar-refractivity contribution in [1.82, 2.24) is 29.8 Å². The fourth-order valence-electron chi connectivity index (χ4n) is 6.48. The van der Waals surface area contributed by atoms with Gasteiger partial charge < -0.3 is 5.32 Å². The highest BCUT2D eigenvalue weighted by Crippen LogP contribution is 2.44. The molecule has 3 fully saturated rings.